The Morgan fingerprint density at radius 1 is 0.641 bits per heavy atom. The lowest BCUT2D eigenvalue weighted by Crippen LogP contribution is -2.62. The number of phenols is 2. The summed E-state index contributed by atoms with van der Waals surface area (Å²) in [5, 5.41) is 49.9. The van der Waals surface area contributed by atoms with Gasteiger partial charge in [-0.25, -0.2) is 0 Å². The van der Waals surface area contributed by atoms with Gasteiger partial charge < -0.3 is 75.5 Å². The van der Waals surface area contributed by atoms with Crippen molar-refractivity contribution in [2.24, 2.45) is 22.9 Å². The number of hydrogen-bond acceptors (Lipinski definition) is 16. The quantitative estimate of drug-likeness (QED) is 0.0419. The predicted molar refractivity (Wildman–Crippen MR) is 297 cm³/mol. The molecular weight excluding hydrogens is 1070 g/mol. The molecule has 4 aromatic rings. The first kappa shape index (κ1) is 61.9. The number of halogens is 1. The smallest absolute Gasteiger partial charge is 0.245 e. The van der Waals surface area contributed by atoms with E-state index in [1.807, 2.05) is 0 Å². The predicted octanol–water partition coefficient (Wildman–Crippen LogP) is -0.408. The molecular formula is C53H68ClN11O11S2. The maximum atomic E-state index is 14.7. The van der Waals surface area contributed by atoms with Crippen LogP contribution in [0.2, 0.25) is 5.02 Å². The molecule has 25 heteroatoms. The molecule has 0 spiro atoms. The van der Waals surface area contributed by atoms with Gasteiger partial charge in [0.1, 0.15) is 53.8 Å². The Morgan fingerprint density at radius 2 is 1.13 bits per heavy atom. The Hall–Kier alpha value is -6.93. The van der Waals surface area contributed by atoms with Crippen molar-refractivity contribution in [3.8, 4) is 11.5 Å². The molecule has 1 aliphatic rings. The number of carbonyl (C=O) groups is 8. The number of hydrogen-bond donors (Lipinski definition) is 14. The summed E-state index contributed by atoms with van der Waals surface area (Å²) in [6, 6.07) is 13.8. The normalized spacial score (nSPS) is 21.2. The first-order chi connectivity index (χ1) is 37.2. The van der Waals surface area contributed by atoms with Crippen LogP contribution in [0.15, 0.2) is 97.1 Å². The lowest BCUT2D eigenvalue weighted by molar-refractivity contribution is -0.136. The summed E-state index contributed by atoms with van der Waals surface area (Å²) in [4.78, 5) is 113. The number of aromatic hydroxyl groups is 2. The van der Waals surface area contributed by atoms with E-state index in [2.05, 4.69) is 37.2 Å². The van der Waals surface area contributed by atoms with Gasteiger partial charge in [-0.05, 0) is 103 Å². The summed E-state index contributed by atoms with van der Waals surface area (Å²) >= 11 is 6.07. The minimum absolute atomic E-state index is 0.0147. The highest BCUT2D eigenvalue weighted by Crippen LogP contribution is 2.24. The van der Waals surface area contributed by atoms with Crippen LogP contribution < -0.4 is 60.2 Å². The number of primary amides is 1. The fraction of sp³-hybridized carbons (Fsp3) is 0.396. The zero-order chi connectivity index (χ0) is 56.9. The van der Waals surface area contributed by atoms with E-state index >= 15 is 0 Å². The number of carbonyl (C=O) groups excluding carboxylic acids is 8. The molecule has 22 nitrogen and oxygen atoms in total. The van der Waals surface area contributed by atoms with E-state index in [1.165, 1.54) is 55.5 Å². The number of phenolic OH excluding ortho intramolecular Hbond substituents is 2. The summed E-state index contributed by atoms with van der Waals surface area (Å²) in [5.41, 5.74) is 26.8. The molecule has 0 aromatic heterocycles. The molecule has 420 valence electrons. The maximum absolute atomic E-state index is 14.7. The van der Waals surface area contributed by atoms with Crippen LogP contribution in [0.1, 0.15) is 54.0 Å². The van der Waals surface area contributed by atoms with E-state index in [4.69, 9.17) is 34.5 Å². The minimum Gasteiger partial charge on any atom is -0.508 e. The van der Waals surface area contributed by atoms with E-state index < -0.39 is 102 Å². The molecule has 5 rings (SSSR count). The van der Waals surface area contributed by atoms with Crippen molar-refractivity contribution >= 4 is 80.4 Å². The second-order valence-corrected chi connectivity index (χ2v) is 21.7. The van der Waals surface area contributed by atoms with Crippen molar-refractivity contribution in [2.75, 3.05) is 18.1 Å². The van der Waals surface area contributed by atoms with E-state index in [1.54, 1.807) is 48.5 Å². The number of rotatable bonds is 19. The molecule has 0 saturated carbocycles. The third-order valence-corrected chi connectivity index (χ3v) is 15.2. The first-order valence-corrected chi connectivity index (χ1v) is 28.0. The lowest BCUT2D eigenvalue weighted by atomic mass is 10.0. The van der Waals surface area contributed by atoms with Crippen LogP contribution >= 0.6 is 33.2 Å². The standard InChI is InChI=1S/C53H68ClN11O11S2/c1-29(66)45-53(76)64-44(51(74)60-40(46(58)69)23-32-11-17-36(67)18-12-32)28-78-77-27-43(63-47(70)38(57)22-30-9-15-35(54)16-10-30)52(75)62-42(25-33-13-19-37(68)20-14-33)50(73)61-41(24-31-5-7-34(26-56)8-6-31)49(72)59-39(48(71)65-45)4-2-3-21-55/h5-20,29,38-45,66-68H,2-4,21-28,55-57H2,1H3,(H2,58,69)(H,59,72)(H,60,74)(H,61,73)(H,62,75)(H,63,70)(H,64,76)(H,65,71)/t29?,38-,39-,40+,41+,42-,43+,44-,45?/m0/s1. The Kier molecular flexibility index (Phi) is 24.5. The molecule has 8 amide bonds. The SMILES string of the molecule is CC(O)C1NC(=O)[C@H](CCCCN)NC(=O)[C@@H](Cc2ccc(CN)cc2)NC(=O)[C@H](Cc2ccc(O)cc2)NC(=O)[C@H](NC(=O)[C@@H](N)Cc2ccc(Cl)cc2)CSSC[C@@H](C(=O)N[C@H](Cc2ccc(O)cc2)C(N)=O)NC1=O. The van der Waals surface area contributed by atoms with Gasteiger partial charge in [-0.3, -0.25) is 38.4 Å². The summed E-state index contributed by atoms with van der Waals surface area (Å²) in [6.45, 7) is 1.68. The van der Waals surface area contributed by atoms with Gasteiger partial charge in [0.15, 0.2) is 0 Å². The van der Waals surface area contributed by atoms with Crippen LogP contribution in [-0.4, -0.2) is 135 Å². The van der Waals surface area contributed by atoms with Crippen molar-refractivity contribution in [1.82, 2.24) is 37.2 Å². The topological polar surface area (TPSA) is 386 Å². The highest BCUT2D eigenvalue weighted by molar-refractivity contribution is 8.76. The molecule has 0 aliphatic carbocycles. The molecule has 0 radical (unpaired) electrons. The Bertz CT molecular complexity index is 2670. The van der Waals surface area contributed by atoms with Crippen LogP contribution in [0.25, 0.3) is 0 Å². The molecule has 1 aliphatic heterocycles. The van der Waals surface area contributed by atoms with Gasteiger partial charge in [0.2, 0.25) is 47.3 Å². The average molecular weight is 1130 g/mol. The van der Waals surface area contributed by atoms with Gasteiger partial charge in [-0.1, -0.05) is 93.9 Å². The number of amides is 8. The molecule has 1 saturated heterocycles. The second kappa shape index (κ2) is 30.9. The van der Waals surface area contributed by atoms with Crippen molar-refractivity contribution in [2.45, 2.75) is 113 Å². The summed E-state index contributed by atoms with van der Waals surface area (Å²) < 4.78 is 0. The van der Waals surface area contributed by atoms with Crippen molar-refractivity contribution in [1.29, 1.82) is 0 Å². The fourth-order valence-corrected chi connectivity index (χ4v) is 10.5. The third kappa shape index (κ3) is 19.8. The van der Waals surface area contributed by atoms with Crippen LogP contribution in [0.3, 0.4) is 0 Å². The van der Waals surface area contributed by atoms with E-state index in [-0.39, 0.29) is 68.2 Å². The Balaban J connectivity index is 1.57. The van der Waals surface area contributed by atoms with Gasteiger partial charge >= 0.3 is 0 Å². The monoisotopic (exact) mass is 1130 g/mol. The average Bonchev–Trinajstić information content (AvgIpc) is 3.41. The van der Waals surface area contributed by atoms with E-state index in [9.17, 15) is 53.7 Å². The minimum atomic E-state index is -1.73. The van der Waals surface area contributed by atoms with Crippen molar-refractivity contribution in [3.63, 3.8) is 0 Å². The highest BCUT2D eigenvalue weighted by Gasteiger charge is 2.36. The molecule has 18 N–H and O–H groups in total. The molecule has 1 fully saturated rings. The zero-order valence-corrected chi connectivity index (χ0v) is 45.2. The highest BCUT2D eigenvalue weighted by atomic mass is 35.5. The van der Waals surface area contributed by atoms with E-state index in [0.29, 0.717) is 40.1 Å². The lowest BCUT2D eigenvalue weighted by Gasteiger charge is -2.29. The molecule has 9 atom stereocenters. The third-order valence-electron chi connectivity index (χ3n) is 12.5. The van der Waals surface area contributed by atoms with Gasteiger partial charge in [0.05, 0.1) is 12.1 Å². The number of unbranched alkanes of at least 4 members (excludes halogenated alkanes) is 1. The molecule has 0 bridgehead atoms. The van der Waals surface area contributed by atoms with Crippen LogP contribution in [0.5, 0.6) is 11.5 Å². The van der Waals surface area contributed by atoms with Crippen LogP contribution in [0, 0.1) is 0 Å². The Morgan fingerprint density at radius 3 is 1.68 bits per heavy atom. The number of nitrogens with two attached hydrogens (primary N) is 4. The van der Waals surface area contributed by atoms with Crippen molar-refractivity contribution in [3.05, 3.63) is 130 Å². The zero-order valence-electron chi connectivity index (χ0n) is 42.8. The van der Waals surface area contributed by atoms with Gasteiger partial charge in [0.25, 0.3) is 0 Å². The second-order valence-electron chi connectivity index (χ2n) is 18.8. The van der Waals surface area contributed by atoms with Gasteiger partial charge in [-0.2, -0.15) is 0 Å². The summed E-state index contributed by atoms with van der Waals surface area (Å²) in [7, 11) is 1.94. The molecule has 1 heterocycles. The molecule has 4 aromatic carbocycles. The van der Waals surface area contributed by atoms with Gasteiger partial charge in [0, 0.05) is 42.3 Å². The van der Waals surface area contributed by atoms with Crippen LogP contribution in [0.4, 0.5) is 0 Å². The first-order valence-electron chi connectivity index (χ1n) is 25.1. The fourth-order valence-electron chi connectivity index (χ4n) is 8.04. The number of aliphatic hydroxyl groups is 1. The summed E-state index contributed by atoms with van der Waals surface area (Å²) in [5.74, 6) is -7.72. The largest absolute Gasteiger partial charge is 0.508 e. The van der Waals surface area contributed by atoms with E-state index in [0.717, 1.165) is 27.2 Å². The number of nitrogens with one attached hydrogen (secondary N) is 7. The molecule has 2 unspecified atom stereocenters. The van der Waals surface area contributed by atoms with Crippen molar-refractivity contribution < 1.29 is 53.7 Å². The summed E-state index contributed by atoms with van der Waals surface area (Å²) in [6.07, 6.45) is -1.26. The number of benzene rings is 4. The Labute approximate surface area is 464 Å². The number of aliphatic hydroxyl groups excluding tert-OH is 1. The maximum Gasteiger partial charge on any atom is 0.245 e. The van der Waals surface area contributed by atoms with Crippen LogP contribution in [-0.2, 0) is 70.6 Å². The van der Waals surface area contributed by atoms with Gasteiger partial charge in [-0.15, -0.1) is 0 Å². The molecule has 78 heavy (non-hydrogen) atoms.